The maximum Gasteiger partial charge on any atom is 0.255 e. The van der Waals surface area contributed by atoms with Gasteiger partial charge >= 0.3 is 0 Å². The number of hydrogen-bond donors (Lipinski definition) is 2. The lowest BCUT2D eigenvalue weighted by Crippen LogP contribution is -2.14. The Kier molecular flexibility index (Phi) is 4.82. The molecule has 0 atom stereocenters. The average molecular weight is 284 g/mol. The Hall–Kier alpha value is -2.49. The molecule has 0 heterocycles. The summed E-state index contributed by atoms with van der Waals surface area (Å²) in [5.74, 6) is 0.883. The molecular weight excluding hydrogens is 264 g/mol. The highest BCUT2D eigenvalue weighted by molar-refractivity contribution is 6.05. The first-order valence-corrected chi connectivity index (χ1v) is 6.95. The topological polar surface area (TPSA) is 64.3 Å². The largest absolute Gasteiger partial charge is 0.491 e. The van der Waals surface area contributed by atoms with Crippen LogP contribution in [0.1, 0.15) is 24.2 Å². The Morgan fingerprint density at radius 2 is 1.95 bits per heavy atom. The van der Waals surface area contributed by atoms with E-state index in [-0.39, 0.29) is 5.91 Å². The molecule has 0 bridgehead atoms. The number of nitrogen functional groups attached to an aromatic ring is 1. The zero-order valence-electron chi connectivity index (χ0n) is 12.3. The van der Waals surface area contributed by atoms with Gasteiger partial charge in [0, 0.05) is 11.3 Å². The molecule has 0 aromatic heterocycles. The standard InChI is InChI=1S/C17H20N2O2/c1-12(2)11-21-16-9-4-3-8-15(16)19-17(20)13-6-5-7-14(18)10-13/h3-10,12H,11,18H2,1-2H3,(H,19,20). The van der Waals surface area contributed by atoms with Crippen molar-refractivity contribution in [2.75, 3.05) is 17.7 Å². The minimum atomic E-state index is -0.206. The molecule has 0 radical (unpaired) electrons. The molecule has 0 aliphatic carbocycles. The van der Waals surface area contributed by atoms with E-state index in [4.69, 9.17) is 10.5 Å². The number of benzene rings is 2. The van der Waals surface area contributed by atoms with Crippen molar-refractivity contribution in [3.05, 3.63) is 54.1 Å². The van der Waals surface area contributed by atoms with Gasteiger partial charge in [0.2, 0.25) is 0 Å². The number of carbonyl (C=O) groups is 1. The summed E-state index contributed by atoms with van der Waals surface area (Å²) in [6, 6.07) is 14.3. The van der Waals surface area contributed by atoms with Gasteiger partial charge in [0.25, 0.3) is 5.91 Å². The molecule has 1 amide bonds. The Bertz CT molecular complexity index is 624. The van der Waals surface area contributed by atoms with Crippen LogP contribution in [0.25, 0.3) is 0 Å². The van der Waals surface area contributed by atoms with Crippen molar-refractivity contribution in [1.29, 1.82) is 0 Å². The molecule has 0 unspecified atom stereocenters. The zero-order chi connectivity index (χ0) is 15.2. The van der Waals surface area contributed by atoms with E-state index < -0.39 is 0 Å². The highest BCUT2D eigenvalue weighted by Crippen LogP contribution is 2.25. The van der Waals surface area contributed by atoms with Gasteiger partial charge < -0.3 is 15.8 Å². The highest BCUT2D eigenvalue weighted by Gasteiger charge is 2.10. The SMILES string of the molecule is CC(C)COc1ccccc1NC(=O)c1cccc(N)c1. The summed E-state index contributed by atoms with van der Waals surface area (Å²) in [6.07, 6.45) is 0. The predicted molar refractivity (Wildman–Crippen MR) is 85.6 cm³/mol. The summed E-state index contributed by atoms with van der Waals surface area (Å²) in [5, 5.41) is 2.86. The van der Waals surface area contributed by atoms with Crippen LogP contribution in [0.15, 0.2) is 48.5 Å². The number of amides is 1. The molecule has 4 nitrogen and oxygen atoms in total. The molecule has 0 saturated carbocycles. The number of rotatable bonds is 5. The summed E-state index contributed by atoms with van der Waals surface area (Å²) < 4.78 is 5.72. The van der Waals surface area contributed by atoms with Crippen molar-refractivity contribution in [3.8, 4) is 5.75 Å². The quantitative estimate of drug-likeness (QED) is 0.825. The van der Waals surface area contributed by atoms with Gasteiger partial charge in [-0.25, -0.2) is 0 Å². The molecule has 0 saturated heterocycles. The lowest BCUT2D eigenvalue weighted by atomic mass is 10.2. The second kappa shape index (κ2) is 6.79. The van der Waals surface area contributed by atoms with E-state index in [1.165, 1.54) is 0 Å². The highest BCUT2D eigenvalue weighted by atomic mass is 16.5. The first-order chi connectivity index (χ1) is 10.1. The number of para-hydroxylation sites is 2. The number of nitrogens with two attached hydrogens (primary N) is 1. The second-order valence-corrected chi connectivity index (χ2v) is 5.28. The number of nitrogens with one attached hydrogen (secondary N) is 1. The molecule has 21 heavy (non-hydrogen) atoms. The molecule has 3 N–H and O–H groups in total. The van der Waals surface area contributed by atoms with Crippen LogP contribution in [0.2, 0.25) is 0 Å². The molecule has 0 aliphatic heterocycles. The van der Waals surface area contributed by atoms with E-state index in [0.29, 0.717) is 35.2 Å². The summed E-state index contributed by atoms with van der Waals surface area (Å²) in [4.78, 5) is 12.2. The number of anilines is 2. The summed E-state index contributed by atoms with van der Waals surface area (Å²) >= 11 is 0. The molecule has 0 aliphatic rings. The Morgan fingerprint density at radius 3 is 2.67 bits per heavy atom. The van der Waals surface area contributed by atoms with E-state index in [1.807, 2.05) is 24.3 Å². The van der Waals surface area contributed by atoms with E-state index >= 15 is 0 Å². The number of ether oxygens (including phenoxy) is 1. The second-order valence-electron chi connectivity index (χ2n) is 5.28. The smallest absolute Gasteiger partial charge is 0.255 e. The van der Waals surface area contributed by atoms with Crippen LogP contribution in [-0.4, -0.2) is 12.5 Å². The fourth-order valence-electron chi connectivity index (χ4n) is 1.83. The Labute approximate surface area is 124 Å². The minimum Gasteiger partial charge on any atom is -0.491 e. The van der Waals surface area contributed by atoms with Crippen molar-refractivity contribution < 1.29 is 9.53 Å². The van der Waals surface area contributed by atoms with Gasteiger partial charge in [-0.2, -0.15) is 0 Å². The third kappa shape index (κ3) is 4.24. The van der Waals surface area contributed by atoms with Crippen LogP contribution in [0.5, 0.6) is 5.75 Å². The molecule has 110 valence electrons. The van der Waals surface area contributed by atoms with E-state index in [1.54, 1.807) is 24.3 Å². The Balaban J connectivity index is 2.13. The van der Waals surface area contributed by atoms with Crippen LogP contribution < -0.4 is 15.8 Å². The van der Waals surface area contributed by atoms with Crippen LogP contribution >= 0.6 is 0 Å². The summed E-state index contributed by atoms with van der Waals surface area (Å²) in [7, 11) is 0. The van der Waals surface area contributed by atoms with Gasteiger partial charge in [0.1, 0.15) is 5.75 Å². The first-order valence-electron chi connectivity index (χ1n) is 6.95. The maximum absolute atomic E-state index is 12.2. The van der Waals surface area contributed by atoms with Crippen LogP contribution in [0, 0.1) is 5.92 Å². The predicted octanol–water partition coefficient (Wildman–Crippen LogP) is 3.56. The fourth-order valence-corrected chi connectivity index (χ4v) is 1.83. The molecule has 0 spiro atoms. The zero-order valence-corrected chi connectivity index (χ0v) is 12.3. The monoisotopic (exact) mass is 284 g/mol. The van der Waals surface area contributed by atoms with Crippen LogP contribution in [0.4, 0.5) is 11.4 Å². The molecule has 4 heteroatoms. The fraction of sp³-hybridized carbons (Fsp3) is 0.235. The third-order valence-corrected chi connectivity index (χ3v) is 2.86. The van der Waals surface area contributed by atoms with E-state index in [2.05, 4.69) is 19.2 Å². The van der Waals surface area contributed by atoms with Gasteiger partial charge in [-0.05, 0) is 36.2 Å². The van der Waals surface area contributed by atoms with Crippen molar-refractivity contribution in [3.63, 3.8) is 0 Å². The molecule has 0 fully saturated rings. The third-order valence-electron chi connectivity index (χ3n) is 2.86. The number of hydrogen-bond acceptors (Lipinski definition) is 3. The van der Waals surface area contributed by atoms with Gasteiger partial charge in [-0.3, -0.25) is 4.79 Å². The van der Waals surface area contributed by atoms with Gasteiger partial charge in [-0.15, -0.1) is 0 Å². The van der Waals surface area contributed by atoms with Gasteiger partial charge in [0.15, 0.2) is 0 Å². The minimum absolute atomic E-state index is 0.206. The van der Waals surface area contributed by atoms with Crippen molar-refractivity contribution in [1.82, 2.24) is 0 Å². The number of carbonyl (C=O) groups excluding carboxylic acids is 1. The van der Waals surface area contributed by atoms with Crippen molar-refractivity contribution in [2.24, 2.45) is 5.92 Å². The molecule has 2 aromatic carbocycles. The van der Waals surface area contributed by atoms with Crippen molar-refractivity contribution in [2.45, 2.75) is 13.8 Å². The van der Waals surface area contributed by atoms with Crippen LogP contribution in [0.3, 0.4) is 0 Å². The average Bonchev–Trinajstić information content (AvgIpc) is 2.46. The van der Waals surface area contributed by atoms with Crippen molar-refractivity contribution >= 4 is 17.3 Å². The van der Waals surface area contributed by atoms with Gasteiger partial charge in [-0.1, -0.05) is 32.0 Å². The van der Waals surface area contributed by atoms with E-state index in [0.717, 1.165) is 0 Å². The Morgan fingerprint density at radius 1 is 1.19 bits per heavy atom. The van der Waals surface area contributed by atoms with Gasteiger partial charge in [0.05, 0.1) is 12.3 Å². The van der Waals surface area contributed by atoms with Crippen LogP contribution in [-0.2, 0) is 0 Å². The normalized spacial score (nSPS) is 10.4. The molecular formula is C17H20N2O2. The lowest BCUT2D eigenvalue weighted by Gasteiger charge is -2.14. The molecule has 2 aromatic rings. The summed E-state index contributed by atoms with van der Waals surface area (Å²) in [6.45, 7) is 4.76. The lowest BCUT2D eigenvalue weighted by molar-refractivity contribution is 0.102. The maximum atomic E-state index is 12.2. The first kappa shape index (κ1) is 14.9. The molecule has 2 rings (SSSR count). The van der Waals surface area contributed by atoms with E-state index in [9.17, 15) is 4.79 Å². The summed E-state index contributed by atoms with van der Waals surface area (Å²) in [5.41, 5.74) is 7.44.